The Morgan fingerprint density at radius 3 is 2.92 bits per heavy atom. The van der Waals surface area contributed by atoms with E-state index in [0.29, 0.717) is 5.15 Å². The molecule has 0 radical (unpaired) electrons. The number of hydrogen-bond donors (Lipinski definition) is 0. The maximum absolute atomic E-state index is 5.94. The Morgan fingerprint density at radius 2 is 2.17 bits per heavy atom. The molecule has 1 aromatic heterocycles. The van der Waals surface area contributed by atoms with Crippen LogP contribution < -0.4 is 0 Å². The Kier molecular flexibility index (Phi) is 2.13. The van der Waals surface area contributed by atoms with Gasteiger partial charge < -0.3 is 0 Å². The molecule has 0 unspecified atom stereocenters. The first-order valence-corrected chi connectivity index (χ1v) is 5.20. The standard InChI is InChI=1S/C9H9BrClN/c1-5-6-3-2-4-7(6)12-9(11)8(5)10/h2-4H2,1H3. The maximum Gasteiger partial charge on any atom is 0.143 e. The van der Waals surface area contributed by atoms with Gasteiger partial charge in [-0.15, -0.1) is 0 Å². The number of aryl methyl sites for hydroxylation is 1. The van der Waals surface area contributed by atoms with Crippen molar-refractivity contribution in [3.63, 3.8) is 0 Å². The number of fused-ring (bicyclic) bond motifs is 1. The molecule has 0 saturated heterocycles. The highest BCUT2D eigenvalue weighted by molar-refractivity contribution is 9.10. The van der Waals surface area contributed by atoms with Crippen molar-refractivity contribution in [2.45, 2.75) is 26.2 Å². The zero-order chi connectivity index (χ0) is 8.72. The van der Waals surface area contributed by atoms with Gasteiger partial charge in [-0.1, -0.05) is 11.6 Å². The number of aromatic nitrogens is 1. The molecule has 12 heavy (non-hydrogen) atoms. The first kappa shape index (κ1) is 8.52. The van der Waals surface area contributed by atoms with Gasteiger partial charge in [0.2, 0.25) is 0 Å². The predicted octanol–water partition coefficient (Wildman–Crippen LogP) is 3.29. The van der Waals surface area contributed by atoms with Crippen LogP contribution in [-0.2, 0) is 12.8 Å². The van der Waals surface area contributed by atoms with Gasteiger partial charge in [-0.25, -0.2) is 4.98 Å². The van der Waals surface area contributed by atoms with Gasteiger partial charge in [0, 0.05) is 5.69 Å². The smallest absolute Gasteiger partial charge is 0.143 e. The van der Waals surface area contributed by atoms with Crippen molar-refractivity contribution in [2.75, 3.05) is 0 Å². The van der Waals surface area contributed by atoms with E-state index in [-0.39, 0.29) is 0 Å². The van der Waals surface area contributed by atoms with E-state index in [1.165, 1.54) is 23.2 Å². The van der Waals surface area contributed by atoms with Gasteiger partial charge in [-0.2, -0.15) is 0 Å². The molecule has 0 amide bonds. The van der Waals surface area contributed by atoms with Crippen molar-refractivity contribution >= 4 is 27.5 Å². The molecular formula is C9H9BrClN. The summed E-state index contributed by atoms with van der Waals surface area (Å²) in [5.41, 5.74) is 3.86. The fraction of sp³-hybridized carbons (Fsp3) is 0.444. The molecule has 0 saturated carbocycles. The summed E-state index contributed by atoms with van der Waals surface area (Å²) in [6.07, 6.45) is 3.46. The van der Waals surface area contributed by atoms with Crippen LogP contribution in [0.2, 0.25) is 5.15 Å². The lowest BCUT2D eigenvalue weighted by molar-refractivity contribution is 0.898. The molecule has 0 N–H and O–H groups in total. The van der Waals surface area contributed by atoms with Crippen molar-refractivity contribution in [3.05, 3.63) is 26.4 Å². The monoisotopic (exact) mass is 245 g/mol. The van der Waals surface area contributed by atoms with Crippen molar-refractivity contribution in [2.24, 2.45) is 0 Å². The molecule has 0 bridgehead atoms. The van der Waals surface area contributed by atoms with E-state index < -0.39 is 0 Å². The largest absolute Gasteiger partial charge is 0.240 e. The second-order valence-corrected chi connectivity index (χ2v) is 4.27. The van der Waals surface area contributed by atoms with Crippen LogP contribution in [0.4, 0.5) is 0 Å². The van der Waals surface area contributed by atoms with E-state index in [1.54, 1.807) is 0 Å². The lowest BCUT2D eigenvalue weighted by Gasteiger charge is -2.06. The molecule has 1 aliphatic rings. The summed E-state index contributed by atoms with van der Waals surface area (Å²) in [5, 5.41) is 0.605. The van der Waals surface area contributed by atoms with Crippen LogP contribution in [0.5, 0.6) is 0 Å². The Balaban J connectivity index is 2.67. The average molecular weight is 247 g/mol. The van der Waals surface area contributed by atoms with Crippen molar-refractivity contribution in [3.8, 4) is 0 Å². The van der Waals surface area contributed by atoms with Crippen molar-refractivity contribution in [1.82, 2.24) is 4.98 Å². The fourth-order valence-corrected chi connectivity index (χ4v) is 2.28. The van der Waals surface area contributed by atoms with Gasteiger partial charge in [0.05, 0.1) is 4.47 Å². The van der Waals surface area contributed by atoms with Gasteiger partial charge in [-0.3, -0.25) is 0 Å². The zero-order valence-corrected chi connectivity index (χ0v) is 9.17. The lowest BCUT2D eigenvalue weighted by atomic mass is 10.1. The second-order valence-electron chi connectivity index (χ2n) is 3.12. The molecule has 64 valence electrons. The van der Waals surface area contributed by atoms with Crippen LogP contribution in [0.1, 0.15) is 23.2 Å². The normalized spacial score (nSPS) is 14.9. The summed E-state index contributed by atoms with van der Waals surface area (Å²) in [6.45, 7) is 2.10. The molecule has 1 heterocycles. The molecule has 1 aliphatic carbocycles. The number of hydrogen-bond acceptors (Lipinski definition) is 1. The summed E-state index contributed by atoms with van der Waals surface area (Å²) < 4.78 is 0.963. The predicted molar refractivity (Wildman–Crippen MR) is 53.7 cm³/mol. The lowest BCUT2D eigenvalue weighted by Crippen LogP contribution is -1.94. The third-order valence-electron chi connectivity index (χ3n) is 2.38. The summed E-state index contributed by atoms with van der Waals surface area (Å²) >= 11 is 9.38. The number of halogens is 2. The summed E-state index contributed by atoms with van der Waals surface area (Å²) in [7, 11) is 0. The Hall–Kier alpha value is -0.0800. The van der Waals surface area contributed by atoms with E-state index in [1.807, 2.05) is 0 Å². The van der Waals surface area contributed by atoms with Crippen LogP contribution in [0.3, 0.4) is 0 Å². The van der Waals surface area contributed by atoms with Gasteiger partial charge >= 0.3 is 0 Å². The quantitative estimate of drug-likeness (QED) is 0.640. The average Bonchev–Trinajstić information content (AvgIpc) is 2.48. The van der Waals surface area contributed by atoms with E-state index in [2.05, 4.69) is 27.8 Å². The summed E-state index contributed by atoms with van der Waals surface area (Å²) in [6, 6.07) is 0. The van der Waals surface area contributed by atoms with Crippen molar-refractivity contribution < 1.29 is 0 Å². The van der Waals surface area contributed by atoms with Crippen molar-refractivity contribution in [1.29, 1.82) is 0 Å². The molecule has 0 aliphatic heterocycles. The second kappa shape index (κ2) is 3.00. The molecule has 0 atom stereocenters. The van der Waals surface area contributed by atoms with Crippen LogP contribution in [0, 0.1) is 6.92 Å². The highest BCUT2D eigenvalue weighted by Crippen LogP contribution is 2.32. The Labute approximate surface area is 85.3 Å². The first-order valence-electron chi connectivity index (χ1n) is 4.03. The maximum atomic E-state index is 5.94. The van der Waals surface area contributed by atoms with Crippen LogP contribution in [0.25, 0.3) is 0 Å². The molecule has 1 nitrogen and oxygen atoms in total. The minimum atomic E-state index is 0.605. The Bertz CT molecular complexity index is 336. The molecule has 2 rings (SSSR count). The van der Waals surface area contributed by atoms with Gasteiger partial charge in [0.15, 0.2) is 0 Å². The number of nitrogens with zero attached hydrogens (tertiary/aromatic N) is 1. The van der Waals surface area contributed by atoms with E-state index in [4.69, 9.17) is 11.6 Å². The minimum absolute atomic E-state index is 0.605. The summed E-state index contributed by atoms with van der Waals surface area (Å²) in [4.78, 5) is 4.33. The highest BCUT2D eigenvalue weighted by Gasteiger charge is 2.18. The van der Waals surface area contributed by atoms with Crippen LogP contribution in [-0.4, -0.2) is 4.98 Å². The Morgan fingerprint density at radius 1 is 1.42 bits per heavy atom. The molecule has 0 spiro atoms. The first-order chi connectivity index (χ1) is 5.70. The highest BCUT2D eigenvalue weighted by atomic mass is 79.9. The zero-order valence-electron chi connectivity index (χ0n) is 6.82. The SMILES string of the molecule is Cc1c(Br)c(Cl)nc2c1CCC2. The minimum Gasteiger partial charge on any atom is -0.240 e. The topological polar surface area (TPSA) is 12.9 Å². The third kappa shape index (κ3) is 1.17. The molecule has 0 fully saturated rings. The van der Waals surface area contributed by atoms with E-state index in [9.17, 15) is 0 Å². The fourth-order valence-electron chi connectivity index (χ4n) is 1.71. The van der Waals surface area contributed by atoms with Crippen LogP contribution in [0.15, 0.2) is 4.47 Å². The number of pyridine rings is 1. The van der Waals surface area contributed by atoms with Gasteiger partial charge in [0.1, 0.15) is 5.15 Å². The van der Waals surface area contributed by atoms with E-state index >= 15 is 0 Å². The number of rotatable bonds is 0. The van der Waals surface area contributed by atoms with Crippen LogP contribution >= 0.6 is 27.5 Å². The summed E-state index contributed by atoms with van der Waals surface area (Å²) in [5.74, 6) is 0. The van der Waals surface area contributed by atoms with Gasteiger partial charge in [0.25, 0.3) is 0 Å². The van der Waals surface area contributed by atoms with Gasteiger partial charge in [-0.05, 0) is 53.2 Å². The van der Waals surface area contributed by atoms with E-state index in [0.717, 1.165) is 17.3 Å². The third-order valence-corrected chi connectivity index (χ3v) is 3.86. The molecule has 3 heteroatoms. The molecule has 1 aromatic rings. The molecular weight excluding hydrogens is 237 g/mol. The molecule has 0 aromatic carbocycles.